The van der Waals surface area contributed by atoms with E-state index in [1.165, 1.54) is 16.7 Å². The zero-order chi connectivity index (χ0) is 23.0. The smallest absolute Gasteiger partial charge is 0.127 e. The Labute approximate surface area is 196 Å². The number of aryl methyl sites for hydroxylation is 3. The summed E-state index contributed by atoms with van der Waals surface area (Å²) in [5.74, 6) is 2.16. The zero-order valence-corrected chi connectivity index (χ0v) is 19.5. The molecule has 168 valence electrons. The quantitative estimate of drug-likeness (QED) is 0.273. The predicted octanol–water partition coefficient (Wildman–Crippen LogP) is 7.35. The minimum atomic E-state index is 0.485. The van der Waals surface area contributed by atoms with Gasteiger partial charge in [0.2, 0.25) is 0 Å². The van der Waals surface area contributed by atoms with Gasteiger partial charge in [-0.1, -0.05) is 89.5 Å². The molecule has 0 aliphatic carbocycles. The Morgan fingerprint density at radius 3 is 0.879 bits per heavy atom. The molecule has 0 radical (unpaired) electrons. The Morgan fingerprint density at radius 1 is 0.394 bits per heavy atom. The summed E-state index contributed by atoms with van der Waals surface area (Å²) in [5.41, 5.74) is 7.06. The van der Waals surface area contributed by atoms with Gasteiger partial charge in [-0.25, -0.2) is 0 Å². The van der Waals surface area contributed by atoms with E-state index in [9.17, 15) is 0 Å². The molecule has 4 rings (SSSR count). The van der Waals surface area contributed by atoms with E-state index < -0.39 is 0 Å². The first kappa shape index (κ1) is 22.5. The first-order valence-corrected chi connectivity index (χ1v) is 11.2. The molecule has 0 aromatic heterocycles. The Balaban J connectivity index is 1.48. The second-order valence-electron chi connectivity index (χ2n) is 8.46. The highest BCUT2D eigenvalue weighted by Crippen LogP contribution is 2.30. The van der Waals surface area contributed by atoms with Crippen LogP contribution in [0.1, 0.15) is 33.4 Å². The molecule has 0 aliphatic heterocycles. The van der Waals surface area contributed by atoms with Gasteiger partial charge in [-0.2, -0.15) is 0 Å². The number of benzene rings is 4. The van der Waals surface area contributed by atoms with Crippen molar-refractivity contribution in [3.05, 3.63) is 124 Å². The maximum absolute atomic E-state index is 6.09. The molecule has 0 N–H and O–H groups in total. The summed E-state index contributed by atoms with van der Waals surface area (Å²) in [7, 11) is 0. The van der Waals surface area contributed by atoms with Crippen molar-refractivity contribution < 1.29 is 14.2 Å². The van der Waals surface area contributed by atoms with Crippen molar-refractivity contribution in [3.8, 4) is 17.2 Å². The van der Waals surface area contributed by atoms with E-state index in [-0.39, 0.29) is 0 Å². The molecule has 0 fully saturated rings. The van der Waals surface area contributed by atoms with Gasteiger partial charge in [0, 0.05) is 18.2 Å². The van der Waals surface area contributed by atoms with Gasteiger partial charge in [-0.3, -0.25) is 0 Å². The number of hydrogen-bond donors (Lipinski definition) is 0. The molecular formula is C30H30O3. The molecule has 0 spiro atoms. The molecule has 0 heterocycles. The summed E-state index contributed by atoms with van der Waals surface area (Å²) in [6.45, 7) is 7.70. The molecule has 4 aromatic rings. The summed E-state index contributed by atoms with van der Waals surface area (Å²) in [6, 6.07) is 30.8. The van der Waals surface area contributed by atoms with Crippen LogP contribution in [0.25, 0.3) is 0 Å². The van der Waals surface area contributed by atoms with Crippen molar-refractivity contribution in [2.75, 3.05) is 0 Å². The highest BCUT2D eigenvalue weighted by atomic mass is 16.5. The van der Waals surface area contributed by atoms with Crippen molar-refractivity contribution in [2.45, 2.75) is 40.6 Å². The molecule has 0 amide bonds. The van der Waals surface area contributed by atoms with Crippen LogP contribution in [0.15, 0.2) is 91.0 Å². The molecule has 4 aromatic carbocycles. The highest BCUT2D eigenvalue weighted by molar-refractivity contribution is 5.42. The average Bonchev–Trinajstić information content (AvgIpc) is 2.83. The minimum Gasteiger partial charge on any atom is -0.489 e. The monoisotopic (exact) mass is 438 g/mol. The molecule has 0 unspecified atom stereocenters. The Morgan fingerprint density at radius 2 is 0.636 bits per heavy atom. The van der Waals surface area contributed by atoms with E-state index in [1.54, 1.807) is 0 Å². The maximum Gasteiger partial charge on any atom is 0.127 e. The highest BCUT2D eigenvalue weighted by Gasteiger charge is 2.07. The molecule has 0 aliphatic rings. The average molecular weight is 439 g/mol. The van der Waals surface area contributed by atoms with E-state index in [1.807, 2.05) is 18.2 Å². The van der Waals surface area contributed by atoms with Gasteiger partial charge in [0.1, 0.15) is 37.1 Å². The lowest BCUT2D eigenvalue weighted by Gasteiger charge is -2.14. The fourth-order valence-electron chi connectivity index (χ4n) is 3.35. The normalized spacial score (nSPS) is 10.6. The summed E-state index contributed by atoms with van der Waals surface area (Å²) < 4.78 is 18.3. The first-order chi connectivity index (χ1) is 16.0. The van der Waals surface area contributed by atoms with Crippen molar-refractivity contribution >= 4 is 0 Å². The van der Waals surface area contributed by atoms with Crippen LogP contribution in [0, 0.1) is 20.8 Å². The van der Waals surface area contributed by atoms with Crippen molar-refractivity contribution in [2.24, 2.45) is 0 Å². The van der Waals surface area contributed by atoms with Gasteiger partial charge in [0.25, 0.3) is 0 Å². The van der Waals surface area contributed by atoms with Gasteiger partial charge >= 0.3 is 0 Å². The fraction of sp³-hybridized carbons (Fsp3) is 0.200. The van der Waals surface area contributed by atoms with Crippen LogP contribution in [-0.2, 0) is 19.8 Å². The van der Waals surface area contributed by atoms with Gasteiger partial charge in [0.15, 0.2) is 0 Å². The van der Waals surface area contributed by atoms with Crippen molar-refractivity contribution in [3.63, 3.8) is 0 Å². The standard InChI is InChI=1S/C30H30O3/c1-22-4-10-25(11-5-22)19-31-28-16-29(32-20-26-12-6-23(2)7-13-26)18-30(17-28)33-21-27-14-8-24(3)9-15-27/h4-18H,19-21H2,1-3H3. The lowest BCUT2D eigenvalue weighted by atomic mass is 10.1. The molecule has 33 heavy (non-hydrogen) atoms. The van der Waals surface area contributed by atoms with E-state index in [0.29, 0.717) is 19.8 Å². The Bertz CT molecular complexity index is 997. The van der Waals surface area contributed by atoms with E-state index in [4.69, 9.17) is 14.2 Å². The minimum absolute atomic E-state index is 0.485. The fourth-order valence-corrected chi connectivity index (χ4v) is 3.35. The van der Waals surface area contributed by atoms with Gasteiger partial charge < -0.3 is 14.2 Å². The maximum atomic E-state index is 6.09. The van der Waals surface area contributed by atoms with Crippen LogP contribution < -0.4 is 14.2 Å². The lowest BCUT2D eigenvalue weighted by Crippen LogP contribution is -2.00. The topological polar surface area (TPSA) is 27.7 Å². The largest absolute Gasteiger partial charge is 0.489 e. The summed E-state index contributed by atoms with van der Waals surface area (Å²) in [4.78, 5) is 0. The van der Waals surface area contributed by atoms with E-state index >= 15 is 0 Å². The predicted molar refractivity (Wildman–Crippen MR) is 133 cm³/mol. The third kappa shape index (κ3) is 6.88. The second-order valence-corrected chi connectivity index (χ2v) is 8.46. The molecule has 0 saturated carbocycles. The summed E-state index contributed by atoms with van der Waals surface area (Å²) in [6.07, 6.45) is 0. The summed E-state index contributed by atoms with van der Waals surface area (Å²) >= 11 is 0. The lowest BCUT2D eigenvalue weighted by molar-refractivity contribution is 0.274. The second kappa shape index (κ2) is 10.7. The van der Waals surface area contributed by atoms with Crippen molar-refractivity contribution in [1.82, 2.24) is 0 Å². The first-order valence-electron chi connectivity index (χ1n) is 11.2. The van der Waals surface area contributed by atoms with Gasteiger partial charge in [-0.05, 0) is 37.5 Å². The molecular weight excluding hydrogens is 408 g/mol. The van der Waals surface area contributed by atoms with Crippen LogP contribution in [0.2, 0.25) is 0 Å². The third-order valence-electron chi connectivity index (χ3n) is 5.43. The van der Waals surface area contributed by atoms with Crippen LogP contribution in [-0.4, -0.2) is 0 Å². The van der Waals surface area contributed by atoms with Crippen LogP contribution in [0.5, 0.6) is 17.2 Å². The Kier molecular flexibility index (Phi) is 7.31. The number of hydrogen-bond acceptors (Lipinski definition) is 3. The van der Waals surface area contributed by atoms with Crippen LogP contribution in [0.3, 0.4) is 0 Å². The molecule has 0 saturated heterocycles. The number of rotatable bonds is 9. The van der Waals surface area contributed by atoms with E-state index in [2.05, 4.69) is 93.6 Å². The SMILES string of the molecule is Cc1ccc(COc2cc(OCc3ccc(C)cc3)cc(OCc3ccc(C)cc3)c2)cc1. The van der Waals surface area contributed by atoms with Crippen LogP contribution in [0.4, 0.5) is 0 Å². The molecule has 0 bridgehead atoms. The van der Waals surface area contributed by atoms with Gasteiger partial charge in [-0.15, -0.1) is 0 Å². The summed E-state index contributed by atoms with van der Waals surface area (Å²) in [5, 5.41) is 0. The molecule has 0 atom stereocenters. The zero-order valence-electron chi connectivity index (χ0n) is 19.5. The van der Waals surface area contributed by atoms with E-state index in [0.717, 1.165) is 33.9 Å². The molecule has 3 heteroatoms. The molecule has 3 nitrogen and oxygen atoms in total. The van der Waals surface area contributed by atoms with Crippen molar-refractivity contribution in [1.29, 1.82) is 0 Å². The Hall–Kier alpha value is -3.72. The van der Waals surface area contributed by atoms with Crippen LogP contribution >= 0.6 is 0 Å². The third-order valence-corrected chi connectivity index (χ3v) is 5.43. The van der Waals surface area contributed by atoms with Gasteiger partial charge in [0.05, 0.1) is 0 Å². The number of ether oxygens (including phenoxy) is 3.